The van der Waals surface area contributed by atoms with Crippen LogP contribution in [0.25, 0.3) is 0 Å². The molecule has 2 rings (SSSR count). The van der Waals surface area contributed by atoms with Crippen molar-refractivity contribution < 1.29 is 23.8 Å². The first kappa shape index (κ1) is 25.6. The molecule has 1 aliphatic rings. The molecule has 5 nitrogen and oxygen atoms in total. The fraction of sp³-hybridized carbons (Fsp3) is 0.600. The largest absolute Gasteiger partial charge is 0.468 e. The highest BCUT2D eigenvalue weighted by molar-refractivity contribution is 7.99. The molecule has 1 fully saturated rings. The molecule has 0 N–H and O–H groups in total. The first-order valence-corrected chi connectivity index (χ1v) is 12.3. The third kappa shape index (κ3) is 8.79. The summed E-state index contributed by atoms with van der Waals surface area (Å²) in [5.41, 5.74) is 0. The fourth-order valence-corrected chi connectivity index (χ4v) is 4.87. The summed E-state index contributed by atoms with van der Waals surface area (Å²) in [5, 5.41) is 0. The third-order valence-corrected chi connectivity index (χ3v) is 6.58. The highest BCUT2D eigenvalue weighted by atomic mass is 32.2. The summed E-state index contributed by atoms with van der Waals surface area (Å²) in [5.74, 6) is -0.385. The van der Waals surface area contributed by atoms with E-state index in [4.69, 9.17) is 14.2 Å². The van der Waals surface area contributed by atoms with Gasteiger partial charge in [0.15, 0.2) is 6.29 Å². The van der Waals surface area contributed by atoms with E-state index in [-0.39, 0.29) is 24.2 Å². The van der Waals surface area contributed by atoms with Crippen LogP contribution in [0, 0.1) is 11.8 Å². The number of unbranched alkanes of at least 4 members (excludes halogenated alkanes) is 3. The van der Waals surface area contributed by atoms with Crippen molar-refractivity contribution in [3.63, 3.8) is 0 Å². The molecule has 0 saturated heterocycles. The number of hydrogen-bond donors (Lipinski definition) is 0. The van der Waals surface area contributed by atoms with Crippen molar-refractivity contribution >= 4 is 23.5 Å². The van der Waals surface area contributed by atoms with Crippen LogP contribution < -0.4 is 0 Å². The van der Waals surface area contributed by atoms with Crippen molar-refractivity contribution in [1.29, 1.82) is 0 Å². The summed E-state index contributed by atoms with van der Waals surface area (Å²) >= 11 is 1.90. The second-order valence-corrected chi connectivity index (χ2v) is 8.92. The molecule has 0 aliphatic heterocycles. The van der Waals surface area contributed by atoms with Gasteiger partial charge in [-0.2, -0.15) is 0 Å². The SMILES string of the molecule is CCOC(C)O[C@@H]1CC(=O)C(C(=O)OC)[C@H]1C/C=C/CCCCCSc1ccccc1. The Morgan fingerprint density at radius 2 is 1.97 bits per heavy atom. The predicted octanol–water partition coefficient (Wildman–Crippen LogP) is 5.43. The van der Waals surface area contributed by atoms with E-state index in [1.165, 1.54) is 24.8 Å². The van der Waals surface area contributed by atoms with Crippen LogP contribution in [-0.4, -0.2) is 43.6 Å². The predicted molar refractivity (Wildman–Crippen MR) is 124 cm³/mol. The Hall–Kier alpha value is -1.63. The number of carbonyl (C=O) groups is 2. The van der Waals surface area contributed by atoms with Crippen molar-refractivity contribution in [1.82, 2.24) is 0 Å². The standard InChI is InChI=1S/C25H36O5S/c1-4-29-19(2)30-23-18-22(26)24(25(27)28-3)21(23)16-12-7-5-6-8-13-17-31-20-14-10-9-11-15-20/h7,9-12,14-15,19,21,23-24H,4-6,8,13,16-18H2,1-3H3/b12-7+/t19?,21-,23+,24?/m0/s1. The molecule has 0 spiro atoms. The summed E-state index contributed by atoms with van der Waals surface area (Å²) in [6.45, 7) is 4.26. The van der Waals surface area contributed by atoms with Gasteiger partial charge >= 0.3 is 5.97 Å². The fourth-order valence-electron chi connectivity index (χ4n) is 3.94. The average molecular weight is 449 g/mol. The van der Waals surface area contributed by atoms with Crippen LogP contribution in [-0.2, 0) is 23.8 Å². The number of allylic oxidation sites excluding steroid dienone is 2. The van der Waals surface area contributed by atoms with Gasteiger partial charge in [-0.1, -0.05) is 36.8 Å². The summed E-state index contributed by atoms with van der Waals surface area (Å²) in [4.78, 5) is 25.9. The van der Waals surface area contributed by atoms with Crippen molar-refractivity contribution in [3.8, 4) is 0 Å². The highest BCUT2D eigenvalue weighted by Gasteiger charge is 2.47. The van der Waals surface area contributed by atoms with Gasteiger partial charge in [0.05, 0.1) is 13.2 Å². The van der Waals surface area contributed by atoms with Crippen LogP contribution in [0.1, 0.15) is 52.4 Å². The number of esters is 1. The molecule has 0 aromatic heterocycles. The number of ether oxygens (including phenoxy) is 3. The minimum Gasteiger partial charge on any atom is -0.468 e. The van der Waals surface area contributed by atoms with Crippen LogP contribution in [0.2, 0.25) is 0 Å². The van der Waals surface area contributed by atoms with E-state index < -0.39 is 18.2 Å². The van der Waals surface area contributed by atoms with E-state index in [0.29, 0.717) is 13.0 Å². The van der Waals surface area contributed by atoms with E-state index in [0.717, 1.165) is 18.6 Å². The maximum Gasteiger partial charge on any atom is 0.316 e. The van der Waals surface area contributed by atoms with Gasteiger partial charge in [-0.25, -0.2) is 0 Å². The van der Waals surface area contributed by atoms with Gasteiger partial charge in [0.25, 0.3) is 0 Å². The molecule has 6 heteroatoms. The summed E-state index contributed by atoms with van der Waals surface area (Å²) in [6, 6.07) is 10.5. The van der Waals surface area contributed by atoms with E-state index in [2.05, 4.69) is 36.4 Å². The van der Waals surface area contributed by atoms with E-state index in [1.807, 2.05) is 31.7 Å². The number of ketones is 1. The van der Waals surface area contributed by atoms with Crippen LogP contribution >= 0.6 is 11.8 Å². The monoisotopic (exact) mass is 448 g/mol. The van der Waals surface area contributed by atoms with Gasteiger partial charge in [-0.05, 0) is 57.4 Å². The van der Waals surface area contributed by atoms with Gasteiger partial charge in [-0.15, -0.1) is 11.8 Å². The molecule has 0 amide bonds. The lowest BCUT2D eigenvalue weighted by molar-refractivity contribution is -0.170. The number of thioether (sulfide) groups is 1. The molecule has 0 radical (unpaired) electrons. The lowest BCUT2D eigenvalue weighted by Gasteiger charge is -2.24. The van der Waals surface area contributed by atoms with Crippen molar-refractivity contribution in [2.75, 3.05) is 19.5 Å². The van der Waals surface area contributed by atoms with Gasteiger partial charge in [-0.3, -0.25) is 9.59 Å². The van der Waals surface area contributed by atoms with Crippen molar-refractivity contribution in [2.24, 2.45) is 11.8 Å². The first-order valence-electron chi connectivity index (χ1n) is 11.3. The van der Waals surface area contributed by atoms with Gasteiger partial charge in [0.2, 0.25) is 0 Å². The minimum atomic E-state index is -0.747. The van der Waals surface area contributed by atoms with E-state index >= 15 is 0 Å². The molecule has 0 bridgehead atoms. The van der Waals surface area contributed by atoms with Crippen molar-refractivity contribution in [2.45, 2.75) is 69.7 Å². The van der Waals surface area contributed by atoms with Crippen LogP contribution in [0.4, 0.5) is 0 Å². The normalized spacial score (nSPS) is 22.2. The summed E-state index contributed by atoms with van der Waals surface area (Å²) in [7, 11) is 1.33. The maximum atomic E-state index is 12.4. The highest BCUT2D eigenvalue weighted by Crippen LogP contribution is 2.36. The molecule has 4 atom stereocenters. The van der Waals surface area contributed by atoms with Gasteiger partial charge in [0.1, 0.15) is 11.7 Å². The third-order valence-electron chi connectivity index (χ3n) is 5.48. The Balaban J connectivity index is 1.74. The molecule has 31 heavy (non-hydrogen) atoms. The number of hydrogen-bond acceptors (Lipinski definition) is 6. The van der Waals surface area contributed by atoms with Crippen LogP contribution in [0.15, 0.2) is 47.4 Å². The van der Waals surface area contributed by atoms with Gasteiger partial charge < -0.3 is 14.2 Å². The second-order valence-electron chi connectivity index (χ2n) is 7.75. The average Bonchev–Trinajstić information content (AvgIpc) is 3.07. The topological polar surface area (TPSA) is 61.8 Å². The van der Waals surface area contributed by atoms with Crippen LogP contribution in [0.3, 0.4) is 0 Å². The molecule has 2 unspecified atom stereocenters. The smallest absolute Gasteiger partial charge is 0.316 e. The lowest BCUT2D eigenvalue weighted by atomic mass is 9.90. The Kier molecular flexibility index (Phi) is 11.9. The van der Waals surface area contributed by atoms with Crippen LogP contribution in [0.5, 0.6) is 0 Å². The van der Waals surface area contributed by atoms with Crippen molar-refractivity contribution in [3.05, 3.63) is 42.5 Å². The molecular formula is C25H36O5S. The molecule has 1 aromatic carbocycles. The summed E-state index contributed by atoms with van der Waals surface area (Å²) < 4.78 is 16.3. The zero-order valence-corrected chi connectivity index (χ0v) is 19.8. The lowest BCUT2D eigenvalue weighted by Crippen LogP contribution is -2.31. The number of methoxy groups -OCH3 is 1. The number of benzene rings is 1. The number of rotatable bonds is 14. The number of carbonyl (C=O) groups excluding carboxylic acids is 2. The van der Waals surface area contributed by atoms with E-state index in [1.54, 1.807) is 0 Å². The maximum absolute atomic E-state index is 12.4. The Bertz CT molecular complexity index is 690. The molecule has 1 aromatic rings. The molecule has 1 saturated carbocycles. The Morgan fingerprint density at radius 1 is 1.19 bits per heavy atom. The van der Waals surface area contributed by atoms with Gasteiger partial charge in [0, 0.05) is 23.8 Å². The Morgan fingerprint density at radius 3 is 2.68 bits per heavy atom. The second kappa shape index (κ2) is 14.4. The molecular weight excluding hydrogens is 412 g/mol. The van der Waals surface area contributed by atoms with E-state index in [9.17, 15) is 9.59 Å². The molecule has 172 valence electrons. The zero-order chi connectivity index (χ0) is 22.5. The molecule has 0 heterocycles. The summed E-state index contributed by atoms with van der Waals surface area (Å²) in [6.07, 6.45) is 8.89. The molecule has 1 aliphatic carbocycles. The first-order chi connectivity index (χ1) is 15.1. The minimum absolute atomic E-state index is 0.102. The number of Topliss-reactive ketones (excluding diaryl/α,β-unsaturated/α-hetero) is 1. The zero-order valence-electron chi connectivity index (χ0n) is 19.0. The quantitative estimate of drug-likeness (QED) is 0.0944. The Labute approximate surface area is 190 Å².